The van der Waals surface area contributed by atoms with Crippen molar-refractivity contribution in [3.63, 3.8) is 0 Å². The number of benzene rings is 3. The lowest BCUT2D eigenvalue weighted by Crippen LogP contribution is -2.46. The number of hydrogen-bond donors (Lipinski definition) is 0. The summed E-state index contributed by atoms with van der Waals surface area (Å²) in [6, 6.07) is 22.6. The van der Waals surface area contributed by atoms with Gasteiger partial charge in [-0.15, -0.1) is 0 Å². The minimum absolute atomic E-state index is 0.0119. The van der Waals surface area contributed by atoms with E-state index in [4.69, 9.17) is 4.74 Å². The molecule has 1 fully saturated rings. The zero-order valence-electron chi connectivity index (χ0n) is 23.2. The maximum absolute atomic E-state index is 13.5. The summed E-state index contributed by atoms with van der Waals surface area (Å²) in [4.78, 5) is 67.0. The van der Waals surface area contributed by atoms with E-state index in [0.29, 0.717) is 4.57 Å². The van der Waals surface area contributed by atoms with E-state index in [-0.39, 0.29) is 42.4 Å². The number of carbonyl (C=O) groups is 3. The van der Waals surface area contributed by atoms with Crippen LogP contribution in [-0.2, 0) is 9.53 Å². The van der Waals surface area contributed by atoms with Crippen molar-refractivity contribution in [3.05, 3.63) is 128 Å². The largest absolute Gasteiger partial charge is 0.448 e. The average molecular weight is 564 g/mol. The van der Waals surface area contributed by atoms with Gasteiger partial charge in [-0.3, -0.25) is 23.9 Å². The van der Waals surface area contributed by atoms with Gasteiger partial charge >= 0.3 is 11.8 Å². The van der Waals surface area contributed by atoms with E-state index in [1.54, 1.807) is 18.2 Å². The molecule has 1 aromatic heterocycles. The lowest BCUT2D eigenvalue weighted by molar-refractivity contribution is -0.120. The third-order valence-corrected chi connectivity index (χ3v) is 8.22. The van der Waals surface area contributed by atoms with E-state index < -0.39 is 35.3 Å². The Kier molecular flexibility index (Phi) is 6.94. The summed E-state index contributed by atoms with van der Waals surface area (Å²) in [5.41, 5.74) is 3.21. The van der Waals surface area contributed by atoms with Gasteiger partial charge in [-0.25, -0.2) is 9.59 Å². The average Bonchev–Trinajstić information content (AvgIpc) is 3.59. The monoisotopic (exact) mass is 563 g/mol. The van der Waals surface area contributed by atoms with Crippen LogP contribution in [0.5, 0.6) is 0 Å². The van der Waals surface area contributed by atoms with Crippen LogP contribution in [0.2, 0.25) is 0 Å². The lowest BCUT2D eigenvalue weighted by Gasteiger charge is -2.23. The van der Waals surface area contributed by atoms with Gasteiger partial charge in [0.05, 0.1) is 12.1 Å². The third-order valence-electron chi connectivity index (χ3n) is 8.22. The van der Waals surface area contributed by atoms with Gasteiger partial charge in [-0.1, -0.05) is 66.7 Å². The molecule has 2 heterocycles. The molecule has 0 saturated carbocycles. The van der Waals surface area contributed by atoms with Crippen molar-refractivity contribution in [2.24, 2.45) is 0 Å². The number of aryl methyl sites for hydroxylation is 1. The molecule has 1 aliphatic heterocycles. The molecule has 0 radical (unpaired) electrons. The second kappa shape index (κ2) is 10.7. The molecule has 1 saturated heterocycles. The SMILES string of the molecule is CC(=O)[C@H]1C[C@@H](n2cc(C)c(=O)n(C(=O)c3ccccc3)c2=O)CN1C(=O)OCC1c2ccccc2-c2ccccc21. The Morgan fingerprint density at radius 3 is 2.07 bits per heavy atom. The molecule has 2 atom stereocenters. The summed E-state index contributed by atoms with van der Waals surface area (Å²) in [6.45, 7) is 3.02. The quantitative estimate of drug-likeness (QED) is 0.361. The molecular weight excluding hydrogens is 534 g/mol. The number of rotatable bonds is 5. The van der Waals surface area contributed by atoms with Crippen LogP contribution in [0.1, 0.15) is 52.4 Å². The highest BCUT2D eigenvalue weighted by Crippen LogP contribution is 2.44. The highest BCUT2D eigenvalue weighted by Gasteiger charge is 2.41. The van der Waals surface area contributed by atoms with E-state index in [0.717, 1.165) is 22.3 Å². The molecule has 9 heteroatoms. The number of ketones is 1. The minimum Gasteiger partial charge on any atom is -0.448 e. The van der Waals surface area contributed by atoms with Gasteiger partial charge < -0.3 is 4.74 Å². The fraction of sp³-hybridized carbons (Fsp3) is 0.242. The van der Waals surface area contributed by atoms with Crippen molar-refractivity contribution >= 4 is 17.8 Å². The smallest absolute Gasteiger partial charge is 0.410 e. The summed E-state index contributed by atoms with van der Waals surface area (Å²) in [6.07, 6.45) is 0.886. The molecule has 1 aliphatic carbocycles. The molecular formula is C33H29N3O6. The molecule has 3 aromatic carbocycles. The zero-order chi connectivity index (χ0) is 29.5. The lowest BCUT2D eigenvalue weighted by atomic mass is 9.98. The number of Topliss-reactive ketones (excluding diaryl/α,β-unsaturated/α-hetero) is 1. The summed E-state index contributed by atoms with van der Waals surface area (Å²) < 4.78 is 7.72. The fourth-order valence-electron chi connectivity index (χ4n) is 6.13. The van der Waals surface area contributed by atoms with E-state index in [9.17, 15) is 24.0 Å². The first-order chi connectivity index (χ1) is 20.3. The van der Waals surface area contributed by atoms with Crippen LogP contribution in [0.4, 0.5) is 4.79 Å². The van der Waals surface area contributed by atoms with Crippen LogP contribution in [0.15, 0.2) is 94.6 Å². The van der Waals surface area contributed by atoms with Crippen LogP contribution >= 0.6 is 0 Å². The Hall–Kier alpha value is -5.05. The number of likely N-dealkylation sites (tertiary alicyclic amines) is 1. The van der Waals surface area contributed by atoms with Gasteiger partial charge in [0.15, 0.2) is 5.78 Å². The highest BCUT2D eigenvalue weighted by atomic mass is 16.6. The topological polar surface area (TPSA) is 108 Å². The molecule has 0 spiro atoms. The minimum atomic E-state index is -0.818. The molecule has 6 rings (SSSR count). The standard InChI is InChI=1S/C33H29N3O6/c1-20-17-34(32(40)36(30(20)38)31(39)22-10-4-3-5-11-22)23-16-29(21(2)37)35(18-23)33(41)42-19-28-26-14-8-6-12-24(26)25-13-7-9-15-27(25)28/h3-15,17,23,28-29H,16,18-19H2,1-2H3/t23-,29-/m1/s1. The number of hydrogen-bond acceptors (Lipinski definition) is 6. The van der Waals surface area contributed by atoms with E-state index in [2.05, 4.69) is 12.1 Å². The van der Waals surface area contributed by atoms with Crippen molar-refractivity contribution < 1.29 is 19.1 Å². The molecule has 4 aromatic rings. The highest BCUT2D eigenvalue weighted by molar-refractivity contribution is 5.95. The summed E-state index contributed by atoms with van der Waals surface area (Å²) >= 11 is 0. The first kappa shape index (κ1) is 27.1. The second-order valence-electron chi connectivity index (χ2n) is 10.8. The molecule has 42 heavy (non-hydrogen) atoms. The number of nitrogens with zero attached hydrogens (tertiary/aromatic N) is 3. The van der Waals surface area contributed by atoms with Crippen LogP contribution in [0, 0.1) is 6.92 Å². The molecule has 0 unspecified atom stereocenters. The van der Waals surface area contributed by atoms with E-state index in [1.165, 1.54) is 41.6 Å². The fourth-order valence-corrected chi connectivity index (χ4v) is 6.13. The first-order valence-electron chi connectivity index (χ1n) is 13.8. The zero-order valence-corrected chi connectivity index (χ0v) is 23.2. The predicted octanol–water partition coefficient (Wildman–Crippen LogP) is 4.16. The summed E-state index contributed by atoms with van der Waals surface area (Å²) in [5.74, 6) is -1.13. The van der Waals surface area contributed by atoms with Crippen LogP contribution in [0.25, 0.3) is 11.1 Å². The molecule has 2 aliphatic rings. The Labute approximate surface area is 241 Å². The number of amides is 1. The maximum atomic E-state index is 13.5. The van der Waals surface area contributed by atoms with Gasteiger partial charge in [-0.05, 0) is 54.7 Å². The maximum Gasteiger partial charge on any atom is 0.410 e. The predicted molar refractivity (Wildman–Crippen MR) is 156 cm³/mol. The van der Waals surface area contributed by atoms with Gasteiger partial charge in [-0.2, -0.15) is 4.57 Å². The number of ether oxygens (including phenoxy) is 1. The molecule has 0 bridgehead atoms. The van der Waals surface area contributed by atoms with Gasteiger partial charge in [0, 0.05) is 29.8 Å². The number of carbonyl (C=O) groups excluding carboxylic acids is 3. The molecule has 9 nitrogen and oxygen atoms in total. The van der Waals surface area contributed by atoms with Gasteiger partial charge in [0.1, 0.15) is 6.61 Å². The van der Waals surface area contributed by atoms with Crippen molar-refractivity contribution in [3.8, 4) is 11.1 Å². The van der Waals surface area contributed by atoms with Gasteiger partial charge in [0.25, 0.3) is 11.5 Å². The first-order valence-corrected chi connectivity index (χ1v) is 13.8. The summed E-state index contributed by atoms with van der Waals surface area (Å²) in [7, 11) is 0. The normalized spacial score (nSPS) is 17.5. The van der Waals surface area contributed by atoms with Gasteiger partial charge in [0.2, 0.25) is 0 Å². The Morgan fingerprint density at radius 2 is 1.45 bits per heavy atom. The Morgan fingerprint density at radius 1 is 0.857 bits per heavy atom. The molecule has 1 amide bonds. The Balaban J connectivity index is 1.26. The van der Waals surface area contributed by atoms with E-state index >= 15 is 0 Å². The second-order valence-corrected chi connectivity index (χ2v) is 10.8. The molecule has 212 valence electrons. The van der Waals surface area contributed by atoms with E-state index in [1.807, 2.05) is 36.4 Å². The van der Waals surface area contributed by atoms with Crippen molar-refractivity contribution in [2.75, 3.05) is 13.2 Å². The van der Waals surface area contributed by atoms with Crippen LogP contribution < -0.4 is 11.2 Å². The van der Waals surface area contributed by atoms with Crippen LogP contribution in [0.3, 0.4) is 0 Å². The number of fused-ring (bicyclic) bond motifs is 3. The molecule has 0 N–H and O–H groups in total. The van der Waals surface area contributed by atoms with Crippen molar-refractivity contribution in [1.82, 2.24) is 14.0 Å². The Bertz CT molecular complexity index is 1800. The van der Waals surface area contributed by atoms with Crippen LogP contribution in [-0.4, -0.2) is 51.0 Å². The third kappa shape index (κ3) is 4.56. The van der Waals surface area contributed by atoms with Crippen molar-refractivity contribution in [2.45, 2.75) is 38.3 Å². The number of aromatic nitrogens is 2. The van der Waals surface area contributed by atoms with Crippen molar-refractivity contribution in [1.29, 1.82) is 0 Å². The summed E-state index contributed by atoms with van der Waals surface area (Å²) in [5, 5.41) is 0.